The van der Waals surface area contributed by atoms with E-state index >= 15 is 0 Å². The first-order valence-corrected chi connectivity index (χ1v) is 14.1. The van der Waals surface area contributed by atoms with Crippen LogP contribution in [0.3, 0.4) is 0 Å². The highest BCUT2D eigenvalue weighted by molar-refractivity contribution is 7.91. The van der Waals surface area contributed by atoms with Crippen LogP contribution in [0.15, 0.2) is 76.2 Å². The van der Waals surface area contributed by atoms with Crippen LogP contribution in [-0.2, 0) is 22.0 Å². The minimum atomic E-state index is -3.55. The summed E-state index contributed by atoms with van der Waals surface area (Å²) < 4.78 is 33.3. The maximum atomic E-state index is 13.5. The number of sulfone groups is 1. The molecule has 4 rings (SSSR count). The van der Waals surface area contributed by atoms with Gasteiger partial charge in [-0.2, -0.15) is 0 Å². The van der Waals surface area contributed by atoms with Crippen LogP contribution < -0.4 is 0 Å². The molecular formula is C28H37N2O4S+. The van der Waals surface area contributed by atoms with E-state index < -0.39 is 20.8 Å². The van der Waals surface area contributed by atoms with E-state index in [4.69, 9.17) is 4.42 Å². The largest absolute Gasteiger partial charge is 0.436 e. The second-order valence-corrected chi connectivity index (χ2v) is 12.4. The quantitative estimate of drug-likeness (QED) is 0.407. The minimum absolute atomic E-state index is 0.0227. The summed E-state index contributed by atoms with van der Waals surface area (Å²) in [6, 6.07) is 18.2. The zero-order chi connectivity index (χ0) is 25.1. The first kappa shape index (κ1) is 25.6. The third-order valence-electron chi connectivity index (χ3n) is 7.41. The van der Waals surface area contributed by atoms with Crippen LogP contribution in [-0.4, -0.2) is 42.5 Å². The van der Waals surface area contributed by atoms with E-state index in [2.05, 4.69) is 4.98 Å². The molecule has 2 atom stereocenters. The molecule has 1 N–H and O–H groups in total. The van der Waals surface area contributed by atoms with E-state index in [1.54, 1.807) is 30.5 Å². The average Bonchev–Trinajstić information content (AvgIpc) is 3.33. The molecule has 1 unspecified atom stereocenters. The molecule has 0 bridgehead atoms. The molecule has 0 radical (unpaired) electrons. The van der Waals surface area contributed by atoms with E-state index in [0.29, 0.717) is 29.5 Å². The van der Waals surface area contributed by atoms with Gasteiger partial charge in [0.15, 0.2) is 16.7 Å². The molecule has 3 aromatic rings. The van der Waals surface area contributed by atoms with Crippen molar-refractivity contribution in [2.24, 2.45) is 5.92 Å². The van der Waals surface area contributed by atoms with Gasteiger partial charge in [0.25, 0.3) is 0 Å². The molecule has 1 saturated carbocycles. The number of aliphatic hydroxyl groups is 1. The second-order valence-electron chi connectivity index (χ2n) is 10.3. The Morgan fingerprint density at radius 1 is 1.03 bits per heavy atom. The summed E-state index contributed by atoms with van der Waals surface area (Å²) in [6.45, 7) is 2.24. The lowest BCUT2D eigenvalue weighted by atomic mass is 9.73. The molecule has 1 heterocycles. The molecule has 188 valence electrons. The molecular weight excluding hydrogens is 460 g/mol. The van der Waals surface area contributed by atoms with Crippen molar-refractivity contribution >= 4 is 9.84 Å². The molecule has 0 aliphatic heterocycles. The topological polar surface area (TPSA) is 80.4 Å². The Morgan fingerprint density at radius 3 is 2.23 bits per heavy atom. The van der Waals surface area contributed by atoms with Gasteiger partial charge in [-0.25, -0.2) is 13.4 Å². The summed E-state index contributed by atoms with van der Waals surface area (Å²) in [5, 5.41) is 11.4. The first-order valence-electron chi connectivity index (χ1n) is 12.5. The van der Waals surface area contributed by atoms with Gasteiger partial charge in [0.05, 0.1) is 25.2 Å². The maximum Gasteiger partial charge on any atom is 0.231 e. The van der Waals surface area contributed by atoms with Gasteiger partial charge in [-0.1, -0.05) is 74.7 Å². The summed E-state index contributed by atoms with van der Waals surface area (Å²) in [5.74, 6) is 0.885. The highest BCUT2D eigenvalue weighted by atomic mass is 32.2. The number of hydrogen-bond acceptors (Lipinski definition) is 5. The van der Waals surface area contributed by atoms with Crippen molar-refractivity contribution in [3.63, 3.8) is 0 Å². The molecule has 6 nitrogen and oxygen atoms in total. The van der Waals surface area contributed by atoms with Gasteiger partial charge in [0.2, 0.25) is 15.7 Å². The summed E-state index contributed by atoms with van der Waals surface area (Å²) in [5.41, 5.74) is -0.524. The number of benzene rings is 2. The van der Waals surface area contributed by atoms with Crippen molar-refractivity contribution in [1.29, 1.82) is 0 Å². The van der Waals surface area contributed by atoms with Crippen molar-refractivity contribution in [2.45, 2.75) is 67.9 Å². The normalized spacial score (nSPS) is 18.2. The number of rotatable bonds is 9. The maximum absolute atomic E-state index is 13.5. The Morgan fingerprint density at radius 2 is 1.63 bits per heavy atom. The lowest BCUT2D eigenvalue weighted by molar-refractivity contribution is -0.915. The van der Waals surface area contributed by atoms with Crippen LogP contribution in [0.1, 0.15) is 62.7 Å². The Hall–Kier alpha value is -2.48. The fraction of sp³-hybridized carbons (Fsp3) is 0.464. The van der Waals surface area contributed by atoms with Gasteiger partial charge >= 0.3 is 0 Å². The lowest BCUT2D eigenvalue weighted by Crippen LogP contribution is -2.51. The molecule has 0 spiro atoms. The van der Waals surface area contributed by atoms with E-state index in [9.17, 15) is 13.5 Å². The summed E-state index contributed by atoms with van der Waals surface area (Å²) in [6.07, 6.45) is 7.27. The van der Waals surface area contributed by atoms with E-state index in [1.165, 1.54) is 6.42 Å². The molecule has 35 heavy (non-hydrogen) atoms. The number of nitrogens with zero attached hydrogens (tertiary/aromatic N) is 2. The van der Waals surface area contributed by atoms with Gasteiger partial charge in [-0.15, -0.1) is 0 Å². The van der Waals surface area contributed by atoms with Crippen LogP contribution >= 0.6 is 0 Å². The predicted octanol–water partition coefficient (Wildman–Crippen LogP) is 5.28. The molecule has 0 amide bonds. The van der Waals surface area contributed by atoms with Crippen LogP contribution in [0.2, 0.25) is 0 Å². The second kappa shape index (κ2) is 10.2. The first-order chi connectivity index (χ1) is 16.7. The highest BCUT2D eigenvalue weighted by Crippen LogP contribution is 2.43. The number of aromatic nitrogens is 1. The predicted molar refractivity (Wildman–Crippen MR) is 136 cm³/mol. The molecule has 1 aliphatic rings. The highest BCUT2D eigenvalue weighted by Gasteiger charge is 2.45. The zero-order valence-electron chi connectivity index (χ0n) is 20.9. The molecule has 7 heteroatoms. The lowest BCUT2D eigenvalue weighted by Gasteiger charge is -2.37. The third-order valence-corrected chi connectivity index (χ3v) is 9.96. The number of quaternary nitrogens is 1. The SMILES string of the molecule is CCC([N+](C)(C)Cc1cnc([C@](O)(c2ccccc2)C2CCCCC2)o1)S(=O)(=O)c1ccccc1. The minimum Gasteiger partial charge on any atom is -0.436 e. The number of oxazole rings is 1. The smallest absolute Gasteiger partial charge is 0.231 e. The zero-order valence-corrected chi connectivity index (χ0v) is 21.7. The Bertz CT molecular complexity index is 1200. The van der Waals surface area contributed by atoms with Crippen molar-refractivity contribution < 1.29 is 22.4 Å². The van der Waals surface area contributed by atoms with Gasteiger partial charge < -0.3 is 14.0 Å². The Balaban J connectivity index is 1.64. The summed E-state index contributed by atoms with van der Waals surface area (Å²) in [4.78, 5) is 4.88. The van der Waals surface area contributed by atoms with E-state index in [-0.39, 0.29) is 10.4 Å². The third kappa shape index (κ3) is 5.08. The van der Waals surface area contributed by atoms with Gasteiger partial charge in [0, 0.05) is 12.3 Å². The molecule has 0 saturated heterocycles. The fourth-order valence-electron chi connectivity index (χ4n) is 5.66. The fourth-order valence-corrected chi connectivity index (χ4v) is 7.78. The van der Waals surface area contributed by atoms with Crippen molar-refractivity contribution in [3.8, 4) is 0 Å². The van der Waals surface area contributed by atoms with Crippen molar-refractivity contribution in [1.82, 2.24) is 4.98 Å². The number of hydrogen-bond donors (Lipinski definition) is 1. The van der Waals surface area contributed by atoms with Gasteiger partial charge in [-0.05, 0) is 30.5 Å². The Labute approximate surface area is 209 Å². The summed E-state index contributed by atoms with van der Waals surface area (Å²) in [7, 11) is 0.258. The molecule has 1 fully saturated rings. The van der Waals surface area contributed by atoms with Crippen LogP contribution in [0.25, 0.3) is 0 Å². The van der Waals surface area contributed by atoms with Crippen LogP contribution in [0, 0.1) is 5.92 Å². The van der Waals surface area contributed by atoms with Crippen molar-refractivity contribution in [2.75, 3.05) is 14.1 Å². The van der Waals surface area contributed by atoms with Gasteiger partial charge in [0.1, 0.15) is 6.54 Å². The summed E-state index contributed by atoms with van der Waals surface area (Å²) >= 11 is 0. The van der Waals surface area contributed by atoms with Crippen LogP contribution in [0.4, 0.5) is 0 Å². The molecule has 1 aliphatic carbocycles. The monoisotopic (exact) mass is 497 g/mol. The van der Waals surface area contributed by atoms with Gasteiger partial charge in [-0.3, -0.25) is 0 Å². The molecule has 2 aromatic carbocycles. The van der Waals surface area contributed by atoms with Crippen molar-refractivity contribution in [3.05, 3.63) is 84.1 Å². The average molecular weight is 498 g/mol. The Kier molecular flexibility index (Phi) is 7.50. The van der Waals surface area contributed by atoms with Crippen LogP contribution in [0.5, 0.6) is 0 Å². The van der Waals surface area contributed by atoms with E-state index in [0.717, 1.165) is 31.2 Å². The van der Waals surface area contributed by atoms with E-state index in [1.807, 2.05) is 57.4 Å². The molecule has 1 aromatic heterocycles. The standard InChI is InChI=1S/C28H37N2O4S/c1-4-26(35(32,33)25-18-12-7-13-19-25)30(2,3)21-24-20-29-27(34-24)28(31,22-14-8-5-9-15-22)23-16-10-6-11-17-23/h5,7-9,12-15,18-20,23,26,31H,4,6,10-11,16-17,21H2,1-3H3/q+1/t26?,28-/m0/s1.